The van der Waals surface area contributed by atoms with Crippen LogP contribution in [0.2, 0.25) is 0 Å². The van der Waals surface area contributed by atoms with Crippen molar-refractivity contribution in [2.75, 3.05) is 26.2 Å². The molecule has 0 aliphatic heterocycles. The first-order valence-corrected chi connectivity index (χ1v) is 9.29. The third-order valence-corrected chi connectivity index (χ3v) is 6.05. The molecule has 21 heavy (non-hydrogen) atoms. The molecule has 2 unspecified atom stereocenters. The molecule has 2 atom stereocenters. The predicted molar refractivity (Wildman–Crippen MR) is 87.4 cm³/mol. The normalized spacial score (nSPS) is 34.1. The molecule has 0 aromatic carbocycles. The van der Waals surface area contributed by atoms with Gasteiger partial charge in [0.25, 0.3) is 0 Å². The van der Waals surface area contributed by atoms with Crippen LogP contribution in [0.15, 0.2) is 0 Å². The van der Waals surface area contributed by atoms with E-state index in [0.717, 1.165) is 24.5 Å². The molecule has 0 aromatic heterocycles. The number of hydrogen-bond acceptors (Lipinski definition) is 3. The van der Waals surface area contributed by atoms with E-state index in [1.165, 1.54) is 70.9 Å². The van der Waals surface area contributed by atoms with Crippen molar-refractivity contribution in [3.8, 4) is 0 Å². The van der Waals surface area contributed by atoms with E-state index in [0.29, 0.717) is 12.0 Å². The summed E-state index contributed by atoms with van der Waals surface area (Å²) in [6.07, 6.45) is 12.4. The maximum absolute atomic E-state index is 9.44. The zero-order valence-electron chi connectivity index (χ0n) is 13.8. The van der Waals surface area contributed by atoms with Crippen LogP contribution in [0.25, 0.3) is 0 Å². The highest BCUT2D eigenvalue weighted by Gasteiger charge is 2.39. The van der Waals surface area contributed by atoms with Gasteiger partial charge in [0.1, 0.15) is 0 Å². The van der Waals surface area contributed by atoms with Crippen molar-refractivity contribution < 1.29 is 5.11 Å². The lowest BCUT2D eigenvalue weighted by Crippen LogP contribution is -2.52. The Balaban J connectivity index is 1.63. The summed E-state index contributed by atoms with van der Waals surface area (Å²) in [5.74, 6) is 0.872. The van der Waals surface area contributed by atoms with E-state index >= 15 is 0 Å². The molecular formula is C18H34N2O. The van der Waals surface area contributed by atoms with E-state index in [2.05, 4.69) is 17.1 Å². The highest BCUT2D eigenvalue weighted by Crippen LogP contribution is 2.41. The molecule has 2 N–H and O–H groups in total. The van der Waals surface area contributed by atoms with Gasteiger partial charge >= 0.3 is 0 Å². The van der Waals surface area contributed by atoms with Crippen LogP contribution in [-0.2, 0) is 0 Å². The van der Waals surface area contributed by atoms with Crippen molar-refractivity contribution in [3.05, 3.63) is 0 Å². The molecule has 0 aromatic rings. The van der Waals surface area contributed by atoms with Crippen molar-refractivity contribution >= 4 is 0 Å². The maximum atomic E-state index is 9.44. The van der Waals surface area contributed by atoms with Crippen LogP contribution in [-0.4, -0.2) is 48.3 Å². The van der Waals surface area contributed by atoms with Crippen LogP contribution in [0.1, 0.15) is 64.7 Å². The number of hydrogen-bond donors (Lipinski definition) is 2. The van der Waals surface area contributed by atoms with Crippen LogP contribution in [0, 0.1) is 11.3 Å². The lowest BCUT2D eigenvalue weighted by Gasteiger charge is -2.47. The average molecular weight is 294 g/mol. The van der Waals surface area contributed by atoms with Gasteiger partial charge in [0.2, 0.25) is 0 Å². The van der Waals surface area contributed by atoms with Crippen molar-refractivity contribution in [1.29, 1.82) is 0 Å². The summed E-state index contributed by atoms with van der Waals surface area (Å²) in [4.78, 5) is 2.62. The minimum atomic E-state index is 0.318. The summed E-state index contributed by atoms with van der Waals surface area (Å²) in [5, 5.41) is 13.3. The van der Waals surface area contributed by atoms with Gasteiger partial charge in [0.05, 0.1) is 6.61 Å². The second kappa shape index (κ2) is 6.97. The molecule has 3 nitrogen and oxygen atoms in total. The summed E-state index contributed by atoms with van der Waals surface area (Å²) in [6.45, 7) is 6.05. The lowest BCUT2D eigenvalue weighted by molar-refractivity contribution is 0.0245. The van der Waals surface area contributed by atoms with Crippen LogP contribution in [0.4, 0.5) is 0 Å². The Labute approximate surface area is 130 Å². The summed E-state index contributed by atoms with van der Waals surface area (Å²) in [6, 6.07) is 1.57. The fraction of sp³-hybridized carbons (Fsp3) is 1.00. The Kier molecular flexibility index (Phi) is 5.23. The first kappa shape index (κ1) is 15.8. The van der Waals surface area contributed by atoms with Crippen molar-refractivity contribution in [3.63, 3.8) is 0 Å². The molecule has 3 heteroatoms. The quantitative estimate of drug-likeness (QED) is 0.722. The number of nitrogens with one attached hydrogen (secondary N) is 1. The monoisotopic (exact) mass is 294 g/mol. The third-order valence-electron chi connectivity index (χ3n) is 6.05. The maximum Gasteiger partial charge on any atom is 0.0558 e. The van der Waals surface area contributed by atoms with Crippen molar-refractivity contribution in [2.45, 2.75) is 76.8 Å². The van der Waals surface area contributed by atoms with Gasteiger partial charge in [-0.25, -0.2) is 0 Å². The fourth-order valence-corrected chi connectivity index (χ4v) is 4.48. The van der Waals surface area contributed by atoms with Gasteiger partial charge in [0.15, 0.2) is 0 Å². The topological polar surface area (TPSA) is 35.5 Å². The van der Waals surface area contributed by atoms with E-state index in [1.54, 1.807) is 0 Å². The first-order chi connectivity index (χ1) is 10.2. The van der Waals surface area contributed by atoms with Gasteiger partial charge in [-0.3, -0.25) is 4.90 Å². The molecule has 0 heterocycles. The molecule has 122 valence electrons. The fourth-order valence-electron chi connectivity index (χ4n) is 4.48. The SMILES string of the molecule is CC1CCCC(CNC2CC2)(CN(CCO)C2CCC2)C1. The Morgan fingerprint density at radius 2 is 1.95 bits per heavy atom. The Morgan fingerprint density at radius 1 is 1.14 bits per heavy atom. The number of rotatable bonds is 8. The molecule has 3 saturated carbocycles. The van der Waals surface area contributed by atoms with Gasteiger partial charge in [0, 0.05) is 31.7 Å². The molecule has 3 aliphatic rings. The van der Waals surface area contributed by atoms with Gasteiger partial charge in [-0.15, -0.1) is 0 Å². The van der Waals surface area contributed by atoms with E-state index in [1.807, 2.05) is 0 Å². The van der Waals surface area contributed by atoms with Crippen molar-refractivity contribution in [2.24, 2.45) is 11.3 Å². The molecule has 0 saturated heterocycles. The van der Waals surface area contributed by atoms with Crippen LogP contribution >= 0.6 is 0 Å². The molecule has 0 spiro atoms. The Hall–Kier alpha value is -0.120. The zero-order chi connectivity index (χ0) is 14.7. The molecule has 3 aliphatic carbocycles. The summed E-state index contributed by atoms with van der Waals surface area (Å²) >= 11 is 0. The van der Waals surface area contributed by atoms with Gasteiger partial charge in [-0.1, -0.05) is 26.2 Å². The van der Waals surface area contributed by atoms with Gasteiger partial charge < -0.3 is 10.4 Å². The zero-order valence-corrected chi connectivity index (χ0v) is 13.8. The van der Waals surface area contributed by atoms with E-state index in [-0.39, 0.29) is 0 Å². The number of aliphatic hydroxyl groups is 1. The number of aliphatic hydroxyl groups excluding tert-OH is 1. The lowest BCUT2D eigenvalue weighted by atomic mass is 9.69. The Bertz CT molecular complexity index is 327. The first-order valence-electron chi connectivity index (χ1n) is 9.29. The Morgan fingerprint density at radius 3 is 2.52 bits per heavy atom. The molecule has 0 amide bonds. The highest BCUT2D eigenvalue weighted by molar-refractivity contribution is 4.94. The minimum absolute atomic E-state index is 0.318. The molecule has 3 fully saturated rings. The van der Waals surface area contributed by atoms with Crippen LogP contribution < -0.4 is 5.32 Å². The van der Waals surface area contributed by atoms with Gasteiger partial charge in [-0.05, 0) is 49.9 Å². The highest BCUT2D eigenvalue weighted by atomic mass is 16.3. The smallest absolute Gasteiger partial charge is 0.0558 e. The second-order valence-electron chi connectivity index (χ2n) is 8.14. The largest absolute Gasteiger partial charge is 0.395 e. The molecular weight excluding hydrogens is 260 g/mol. The molecule has 0 bridgehead atoms. The van der Waals surface area contributed by atoms with Crippen molar-refractivity contribution in [1.82, 2.24) is 10.2 Å². The summed E-state index contributed by atoms with van der Waals surface area (Å²) in [5.41, 5.74) is 0.463. The van der Waals surface area contributed by atoms with E-state index in [9.17, 15) is 5.11 Å². The number of nitrogens with zero attached hydrogens (tertiary/aromatic N) is 1. The van der Waals surface area contributed by atoms with E-state index in [4.69, 9.17) is 0 Å². The van der Waals surface area contributed by atoms with Crippen LogP contribution in [0.3, 0.4) is 0 Å². The third kappa shape index (κ3) is 4.20. The van der Waals surface area contributed by atoms with E-state index < -0.39 is 0 Å². The standard InChI is InChI=1S/C18H34N2O/c1-15-4-3-9-18(12-15,13-19-16-7-8-16)14-20(10-11-21)17-5-2-6-17/h15-17,19,21H,2-14H2,1H3. The molecule has 3 rings (SSSR count). The van der Waals surface area contributed by atoms with Crippen LogP contribution in [0.5, 0.6) is 0 Å². The molecule has 0 radical (unpaired) electrons. The summed E-state index contributed by atoms with van der Waals surface area (Å²) in [7, 11) is 0. The predicted octanol–water partition coefficient (Wildman–Crippen LogP) is 2.78. The second-order valence-corrected chi connectivity index (χ2v) is 8.14. The van der Waals surface area contributed by atoms with Gasteiger partial charge in [-0.2, -0.15) is 0 Å². The average Bonchev–Trinajstić information content (AvgIpc) is 3.19. The summed E-state index contributed by atoms with van der Waals surface area (Å²) < 4.78 is 0. The minimum Gasteiger partial charge on any atom is -0.395 e.